The molecule has 0 nitrogen and oxygen atoms in total. The SMILES string of the molecule is CCC[CH2][Zr][C]1=CC=CC1.I[I-]I. The number of halogens is 3. The number of allylic oxidation sites excluding steroid dienone is 4. The fourth-order valence-electron chi connectivity index (χ4n) is 1.00. The fourth-order valence-corrected chi connectivity index (χ4v) is 4.27. The third-order valence-corrected chi connectivity index (χ3v) is 5.16. The number of hydrogen-bond donors (Lipinski definition) is 0. The molecule has 0 fully saturated rings. The molecule has 0 aromatic carbocycles. The first-order chi connectivity index (χ1) is 6.35. The molecule has 0 saturated heterocycles. The minimum absolute atomic E-state index is 0.0811. The zero-order chi connectivity index (χ0) is 9.94. The first kappa shape index (κ1) is 15.6. The van der Waals surface area contributed by atoms with Crippen LogP contribution >= 0.6 is 37.2 Å². The number of hydrogen-bond acceptors (Lipinski definition) is 0. The van der Waals surface area contributed by atoms with Crippen LogP contribution in [0.15, 0.2) is 21.5 Å². The molecular weight excluding hydrogens is 580 g/mol. The Labute approximate surface area is 123 Å². The van der Waals surface area contributed by atoms with Gasteiger partial charge in [-0.2, -0.15) is 0 Å². The van der Waals surface area contributed by atoms with Gasteiger partial charge in [0, 0.05) is 0 Å². The van der Waals surface area contributed by atoms with Gasteiger partial charge >= 0.3 is 126 Å². The molecule has 0 saturated carbocycles. The van der Waals surface area contributed by atoms with Crippen molar-refractivity contribution in [2.75, 3.05) is 0 Å². The standard InChI is InChI=1S/C5H5.C4H9.I3.Zr/c1-2-4-5-3-1;1-3-4-2;1-3-2;/h1-3H,4H2;1,3-4H2,2H3;;/q;;-1;. The Hall–Kier alpha value is 2.55. The molecule has 1 aliphatic rings. The summed E-state index contributed by atoms with van der Waals surface area (Å²) in [5.74, 6) is 0. The van der Waals surface area contributed by atoms with Crippen LogP contribution in [0.2, 0.25) is 4.13 Å². The minimum atomic E-state index is -0.0811. The van der Waals surface area contributed by atoms with E-state index in [4.69, 9.17) is 0 Å². The van der Waals surface area contributed by atoms with E-state index in [0.29, 0.717) is 13.3 Å². The Morgan fingerprint density at radius 1 is 1.54 bits per heavy atom. The van der Waals surface area contributed by atoms with E-state index < -0.39 is 0 Å². The fraction of sp³-hybridized carbons (Fsp3) is 0.556. The van der Waals surface area contributed by atoms with E-state index in [1.165, 1.54) is 19.3 Å². The van der Waals surface area contributed by atoms with Crippen LogP contribution in [0.1, 0.15) is 26.2 Å². The van der Waals surface area contributed by atoms with Gasteiger partial charge in [-0.25, -0.2) is 0 Å². The summed E-state index contributed by atoms with van der Waals surface area (Å²) in [6.45, 7) is 2.28. The molecule has 0 amide bonds. The summed E-state index contributed by atoms with van der Waals surface area (Å²) in [4.78, 5) is 0. The van der Waals surface area contributed by atoms with Crippen LogP contribution in [0.4, 0.5) is 0 Å². The van der Waals surface area contributed by atoms with Crippen molar-refractivity contribution in [3.05, 3.63) is 21.5 Å². The second kappa shape index (κ2) is 12.6. The van der Waals surface area contributed by atoms with Crippen molar-refractivity contribution in [3.63, 3.8) is 0 Å². The third kappa shape index (κ3) is 10.8. The van der Waals surface area contributed by atoms with E-state index in [0.717, 1.165) is 0 Å². The average Bonchev–Trinajstić information content (AvgIpc) is 2.59. The Kier molecular flexibility index (Phi) is 15.1. The van der Waals surface area contributed by atoms with E-state index in [1.54, 1.807) is 7.41 Å². The van der Waals surface area contributed by atoms with Crippen molar-refractivity contribution in [1.82, 2.24) is 0 Å². The molecule has 0 N–H and O–H groups in total. The monoisotopic (exact) mass is 593 g/mol. The van der Waals surface area contributed by atoms with E-state index in [2.05, 4.69) is 62.4 Å². The van der Waals surface area contributed by atoms with Crippen molar-refractivity contribution in [2.45, 2.75) is 30.3 Å². The van der Waals surface area contributed by atoms with Gasteiger partial charge < -0.3 is 0 Å². The predicted molar refractivity (Wildman–Crippen MR) is 69.6 cm³/mol. The zero-order valence-electron chi connectivity index (χ0n) is 7.69. The average molecular weight is 594 g/mol. The van der Waals surface area contributed by atoms with Gasteiger partial charge in [0.1, 0.15) is 0 Å². The van der Waals surface area contributed by atoms with Gasteiger partial charge in [-0.1, -0.05) is 0 Å². The molecule has 13 heavy (non-hydrogen) atoms. The molecule has 0 aromatic rings. The van der Waals surface area contributed by atoms with E-state index >= 15 is 0 Å². The van der Waals surface area contributed by atoms with Gasteiger partial charge in [-0.05, 0) is 0 Å². The molecule has 0 bridgehead atoms. The summed E-state index contributed by atoms with van der Waals surface area (Å²) in [5.41, 5.74) is 0. The van der Waals surface area contributed by atoms with Crippen LogP contribution in [0.3, 0.4) is 0 Å². The molecular formula is C9H14I3Zr-. The Morgan fingerprint density at radius 2 is 2.23 bits per heavy atom. The Bertz CT molecular complexity index is 166. The maximum atomic E-state index is 2.39. The number of unbranched alkanes of at least 4 members (excludes halogenated alkanes) is 1. The molecule has 0 aromatic heterocycles. The van der Waals surface area contributed by atoms with Gasteiger partial charge in [0.15, 0.2) is 0 Å². The molecule has 0 unspecified atom stereocenters. The summed E-state index contributed by atoms with van der Waals surface area (Å²) in [7, 11) is 0. The van der Waals surface area contributed by atoms with Crippen molar-refractivity contribution in [3.8, 4) is 0 Å². The maximum absolute atomic E-state index is 2.39. The van der Waals surface area contributed by atoms with Crippen LogP contribution in [-0.2, 0) is 23.2 Å². The second-order valence-corrected chi connectivity index (χ2v) is 22.6. The molecule has 4 heteroatoms. The van der Waals surface area contributed by atoms with Gasteiger partial charge in [-0.15, -0.1) is 0 Å². The van der Waals surface area contributed by atoms with Gasteiger partial charge in [0.25, 0.3) is 0 Å². The summed E-state index contributed by atoms with van der Waals surface area (Å²) in [5, 5.41) is 0. The molecule has 0 radical (unpaired) electrons. The number of rotatable bonds is 4. The molecule has 1 rings (SSSR count). The molecule has 0 aliphatic heterocycles. The van der Waals surface area contributed by atoms with Crippen molar-refractivity contribution >= 4 is 37.2 Å². The Morgan fingerprint density at radius 3 is 2.69 bits per heavy atom. The zero-order valence-corrected chi connectivity index (χ0v) is 16.6. The molecule has 0 atom stereocenters. The third-order valence-electron chi connectivity index (χ3n) is 1.65. The molecule has 0 spiro atoms. The van der Waals surface area contributed by atoms with Crippen LogP contribution < -0.4 is 13.3 Å². The van der Waals surface area contributed by atoms with E-state index in [-0.39, 0.29) is 23.2 Å². The summed E-state index contributed by atoms with van der Waals surface area (Å²) >= 11 is 5.22. The quantitative estimate of drug-likeness (QED) is 0.345. The van der Waals surface area contributed by atoms with Gasteiger partial charge in [0.2, 0.25) is 0 Å². The van der Waals surface area contributed by atoms with Crippen molar-refractivity contribution in [1.29, 1.82) is 0 Å². The van der Waals surface area contributed by atoms with Gasteiger partial charge in [-0.3, -0.25) is 0 Å². The Balaban J connectivity index is 0.000000424. The predicted octanol–water partition coefficient (Wildman–Crippen LogP) is 1.91. The summed E-state index contributed by atoms with van der Waals surface area (Å²) < 4.78 is 3.34. The van der Waals surface area contributed by atoms with Crippen molar-refractivity contribution in [2.24, 2.45) is 0 Å². The first-order valence-electron chi connectivity index (χ1n) is 4.31. The van der Waals surface area contributed by atoms with Crippen LogP contribution in [0, 0.1) is 0 Å². The van der Waals surface area contributed by atoms with Crippen LogP contribution in [0.25, 0.3) is 0 Å². The normalized spacial score (nSPS) is 13.6. The second-order valence-electron chi connectivity index (χ2n) is 2.66. The van der Waals surface area contributed by atoms with Crippen LogP contribution in [0.5, 0.6) is 0 Å². The molecule has 0 heterocycles. The summed E-state index contributed by atoms with van der Waals surface area (Å²) in [6.07, 6.45) is 11.0. The van der Waals surface area contributed by atoms with Gasteiger partial charge in [0.05, 0.1) is 0 Å². The van der Waals surface area contributed by atoms with Crippen molar-refractivity contribution < 1.29 is 36.5 Å². The first-order valence-corrected chi connectivity index (χ1v) is 19.9. The topological polar surface area (TPSA) is 0 Å². The van der Waals surface area contributed by atoms with Crippen LogP contribution in [-0.4, -0.2) is 0 Å². The van der Waals surface area contributed by atoms with E-state index in [1.807, 2.05) is 0 Å². The molecule has 1 aliphatic carbocycles. The van der Waals surface area contributed by atoms with E-state index in [9.17, 15) is 0 Å². The molecule has 76 valence electrons. The summed E-state index contributed by atoms with van der Waals surface area (Å²) in [6, 6.07) is 0.